The van der Waals surface area contributed by atoms with E-state index in [0.29, 0.717) is 11.3 Å². The van der Waals surface area contributed by atoms with Gasteiger partial charge in [0, 0.05) is 5.41 Å². The van der Waals surface area contributed by atoms with Crippen LogP contribution in [0.2, 0.25) is 0 Å². The summed E-state index contributed by atoms with van der Waals surface area (Å²) in [5.74, 6) is 2.01. The van der Waals surface area contributed by atoms with Gasteiger partial charge in [-0.2, -0.15) is 0 Å². The van der Waals surface area contributed by atoms with Crippen LogP contribution in [0.1, 0.15) is 90.9 Å². The summed E-state index contributed by atoms with van der Waals surface area (Å²) < 4.78 is 5.84. The zero-order valence-corrected chi connectivity index (χ0v) is 17.0. The Morgan fingerprint density at radius 3 is 2.44 bits per heavy atom. The summed E-state index contributed by atoms with van der Waals surface area (Å²) >= 11 is 0. The predicted octanol–water partition coefficient (Wildman–Crippen LogP) is 5.20. The maximum atomic E-state index is 12.2. The number of carbonyl (C=O) groups is 2. The number of aliphatic carboxylic acids is 1. The van der Waals surface area contributed by atoms with Crippen molar-refractivity contribution in [3.8, 4) is 0 Å². The monoisotopic (exact) mass is 376 g/mol. The average molecular weight is 377 g/mol. The van der Waals surface area contributed by atoms with Crippen LogP contribution in [0.5, 0.6) is 0 Å². The van der Waals surface area contributed by atoms with Crippen molar-refractivity contribution in [1.29, 1.82) is 0 Å². The maximum absolute atomic E-state index is 12.2. The maximum Gasteiger partial charge on any atom is 0.306 e. The van der Waals surface area contributed by atoms with Crippen LogP contribution in [0.25, 0.3) is 0 Å². The van der Waals surface area contributed by atoms with Gasteiger partial charge in [0.1, 0.15) is 6.10 Å². The molecule has 4 nitrogen and oxygen atoms in total. The topological polar surface area (TPSA) is 63.6 Å². The first-order valence-electron chi connectivity index (χ1n) is 11.3. The molecule has 4 rings (SSSR count). The fourth-order valence-corrected chi connectivity index (χ4v) is 7.87. The molecule has 0 aromatic heterocycles. The number of carboxylic acid groups (broad SMARTS) is 1. The van der Waals surface area contributed by atoms with Gasteiger partial charge in [-0.05, 0) is 80.5 Å². The molecule has 4 aliphatic rings. The Morgan fingerprint density at radius 1 is 0.889 bits per heavy atom. The third-order valence-corrected chi connectivity index (χ3v) is 9.31. The first kappa shape index (κ1) is 19.3. The molecular formula is C23H36O4. The summed E-state index contributed by atoms with van der Waals surface area (Å²) in [7, 11) is 0. The second-order valence-electron chi connectivity index (χ2n) is 10.4. The summed E-state index contributed by atoms with van der Waals surface area (Å²) in [5.41, 5.74) is 0.636. The van der Waals surface area contributed by atoms with Crippen LogP contribution in [-0.2, 0) is 14.3 Å². The van der Waals surface area contributed by atoms with E-state index in [1.54, 1.807) is 0 Å². The predicted molar refractivity (Wildman–Crippen MR) is 103 cm³/mol. The Labute approximate surface area is 163 Å². The lowest BCUT2D eigenvalue weighted by molar-refractivity contribution is -0.164. The minimum absolute atomic E-state index is 0.00160. The highest BCUT2D eigenvalue weighted by molar-refractivity contribution is 5.76. The molecule has 4 fully saturated rings. The van der Waals surface area contributed by atoms with Gasteiger partial charge in [-0.1, -0.05) is 26.7 Å². The van der Waals surface area contributed by atoms with E-state index in [9.17, 15) is 9.59 Å². The van der Waals surface area contributed by atoms with E-state index < -0.39 is 5.97 Å². The van der Waals surface area contributed by atoms with Gasteiger partial charge in [0.2, 0.25) is 0 Å². The smallest absolute Gasteiger partial charge is 0.306 e. The minimum atomic E-state index is -0.930. The van der Waals surface area contributed by atoms with E-state index in [0.717, 1.165) is 30.6 Å². The Balaban J connectivity index is 1.46. The van der Waals surface area contributed by atoms with E-state index in [1.807, 2.05) is 0 Å². The third-order valence-electron chi connectivity index (χ3n) is 9.31. The van der Waals surface area contributed by atoms with E-state index in [4.69, 9.17) is 9.84 Å². The van der Waals surface area contributed by atoms with Gasteiger partial charge in [0.05, 0.1) is 12.8 Å². The molecule has 27 heavy (non-hydrogen) atoms. The van der Waals surface area contributed by atoms with E-state index in [-0.39, 0.29) is 30.3 Å². The quantitative estimate of drug-likeness (QED) is 0.685. The van der Waals surface area contributed by atoms with Crippen molar-refractivity contribution >= 4 is 11.9 Å². The van der Waals surface area contributed by atoms with E-state index in [1.165, 1.54) is 51.4 Å². The SMILES string of the molecule is C[C@]12CCCC[C@@H]1CC[C@H]1[C@H]3CC[C@H](OC(=O)CCC(=O)O)[C@@]3(C)CC[C@@H]12. The lowest BCUT2D eigenvalue weighted by atomic mass is 9.45. The van der Waals surface area contributed by atoms with Crippen molar-refractivity contribution < 1.29 is 19.4 Å². The van der Waals surface area contributed by atoms with Crippen molar-refractivity contribution in [2.24, 2.45) is 34.5 Å². The first-order chi connectivity index (χ1) is 12.8. The van der Waals surface area contributed by atoms with Gasteiger partial charge in [0.25, 0.3) is 0 Å². The van der Waals surface area contributed by atoms with Crippen molar-refractivity contribution in [3.05, 3.63) is 0 Å². The standard InChI is InChI=1S/C23H36O4/c1-22-13-4-3-5-15(22)6-7-16-17-8-9-19(23(17,2)14-12-18(16)22)27-21(26)11-10-20(24)25/h15-19H,3-14H2,1-2H3,(H,24,25)/t15-,16+,17-,18+,19+,22+,23+/m1/s1. The molecule has 0 amide bonds. The van der Waals surface area contributed by atoms with Crippen LogP contribution in [0.4, 0.5) is 0 Å². The fraction of sp³-hybridized carbons (Fsp3) is 0.913. The number of esters is 1. The molecule has 4 aliphatic carbocycles. The van der Waals surface area contributed by atoms with Gasteiger partial charge in [-0.15, -0.1) is 0 Å². The Bertz CT molecular complexity index is 601. The lowest BCUT2D eigenvalue weighted by Crippen LogP contribution is -2.53. The van der Waals surface area contributed by atoms with Crippen LogP contribution >= 0.6 is 0 Å². The number of carbonyl (C=O) groups excluding carboxylic acids is 1. The Morgan fingerprint density at radius 2 is 1.67 bits per heavy atom. The Hall–Kier alpha value is -1.06. The molecular weight excluding hydrogens is 340 g/mol. The number of fused-ring (bicyclic) bond motifs is 5. The van der Waals surface area contributed by atoms with Gasteiger partial charge in [-0.3, -0.25) is 9.59 Å². The molecule has 1 N–H and O–H groups in total. The molecule has 7 atom stereocenters. The summed E-state index contributed by atoms with van der Waals surface area (Å²) in [6.45, 7) is 4.94. The molecule has 0 radical (unpaired) electrons. The Kier molecular flexibility index (Phi) is 5.05. The molecule has 0 unspecified atom stereocenters. The van der Waals surface area contributed by atoms with Crippen LogP contribution in [0.15, 0.2) is 0 Å². The highest BCUT2D eigenvalue weighted by Crippen LogP contribution is 2.66. The molecule has 0 spiro atoms. The number of hydrogen-bond acceptors (Lipinski definition) is 3. The summed E-state index contributed by atoms with van der Waals surface area (Å²) in [6, 6.07) is 0. The highest BCUT2D eigenvalue weighted by atomic mass is 16.5. The molecule has 0 heterocycles. The average Bonchev–Trinajstić information content (AvgIpc) is 2.96. The summed E-state index contributed by atoms with van der Waals surface area (Å²) in [4.78, 5) is 22.9. The summed E-state index contributed by atoms with van der Waals surface area (Å²) in [5, 5.41) is 8.80. The van der Waals surface area contributed by atoms with Crippen molar-refractivity contribution in [2.45, 2.75) is 97.0 Å². The molecule has 0 aromatic carbocycles. The van der Waals surface area contributed by atoms with Crippen LogP contribution in [0.3, 0.4) is 0 Å². The van der Waals surface area contributed by atoms with E-state index >= 15 is 0 Å². The molecule has 0 aliphatic heterocycles. The van der Waals surface area contributed by atoms with Crippen molar-refractivity contribution in [3.63, 3.8) is 0 Å². The second-order valence-corrected chi connectivity index (χ2v) is 10.4. The largest absolute Gasteiger partial charge is 0.481 e. The number of ether oxygens (including phenoxy) is 1. The zero-order chi connectivity index (χ0) is 19.2. The van der Waals surface area contributed by atoms with Gasteiger partial charge in [0.15, 0.2) is 0 Å². The molecule has 4 heteroatoms. The molecule has 4 saturated carbocycles. The fourth-order valence-electron chi connectivity index (χ4n) is 7.87. The van der Waals surface area contributed by atoms with Crippen LogP contribution in [-0.4, -0.2) is 23.1 Å². The first-order valence-corrected chi connectivity index (χ1v) is 11.3. The second kappa shape index (κ2) is 7.08. The number of carboxylic acids is 1. The molecule has 0 saturated heterocycles. The minimum Gasteiger partial charge on any atom is -0.481 e. The zero-order valence-electron chi connectivity index (χ0n) is 17.0. The van der Waals surface area contributed by atoms with Crippen molar-refractivity contribution in [1.82, 2.24) is 0 Å². The molecule has 0 aromatic rings. The normalized spacial score (nSPS) is 46.1. The number of hydrogen-bond donors (Lipinski definition) is 1. The third kappa shape index (κ3) is 3.21. The van der Waals surface area contributed by atoms with Gasteiger partial charge >= 0.3 is 11.9 Å². The summed E-state index contributed by atoms with van der Waals surface area (Å²) in [6.07, 6.45) is 12.9. The van der Waals surface area contributed by atoms with Crippen molar-refractivity contribution in [2.75, 3.05) is 0 Å². The number of rotatable bonds is 4. The molecule has 0 bridgehead atoms. The van der Waals surface area contributed by atoms with E-state index in [2.05, 4.69) is 13.8 Å². The van der Waals surface area contributed by atoms with Crippen LogP contribution in [0, 0.1) is 34.5 Å². The lowest BCUT2D eigenvalue weighted by Gasteiger charge is -2.60. The molecule has 152 valence electrons. The van der Waals surface area contributed by atoms with Gasteiger partial charge < -0.3 is 9.84 Å². The van der Waals surface area contributed by atoms with Gasteiger partial charge in [-0.25, -0.2) is 0 Å². The van der Waals surface area contributed by atoms with Crippen LogP contribution < -0.4 is 0 Å². The highest BCUT2D eigenvalue weighted by Gasteiger charge is 2.60.